The molecule has 0 radical (unpaired) electrons. The van der Waals surface area contributed by atoms with Gasteiger partial charge in [-0.3, -0.25) is 4.79 Å². The lowest BCUT2D eigenvalue weighted by atomic mass is 10.0. The van der Waals surface area contributed by atoms with Gasteiger partial charge >= 0.3 is 12.1 Å². The molecule has 190 valence electrons. The van der Waals surface area contributed by atoms with Crippen LogP contribution < -0.4 is 0 Å². The maximum atomic E-state index is 11.6. The van der Waals surface area contributed by atoms with E-state index in [1.807, 2.05) is 20.8 Å². The number of alkyl halides is 1. The minimum atomic E-state index is -0.674. The summed E-state index contributed by atoms with van der Waals surface area (Å²) in [6, 6.07) is -0.154. The molecule has 5 nitrogen and oxygen atoms in total. The molecule has 0 bridgehead atoms. The second-order valence-electron chi connectivity index (χ2n) is 9.70. The number of carbonyl (C=O) groups excluding carboxylic acids is 2. The average Bonchev–Trinajstić information content (AvgIpc) is 2.71. The minimum absolute atomic E-state index is 0.0632. The van der Waals surface area contributed by atoms with E-state index in [2.05, 4.69) is 4.74 Å². The van der Waals surface area contributed by atoms with Crippen LogP contribution >= 0.6 is 11.6 Å². The molecule has 0 aromatic rings. The summed E-state index contributed by atoms with van der Waals surface area (Å²) < 4.78 is 14.7. The molecule has 0 aromatic heterocycles. The summed E-state index contributed by atoms with van der Waals surface area (Å²) in [5.41, 5.74) is -0.363. The van der Waals surface area contributed by atoms with Crippen LogP contribution in [0, 0.1) is 0 Å². The summed E-state index contributed by atoms with van der Waals surface area (Å²) in [6.45, 7) is 6.17. The Morgan fingerprint density at radius 3 is 1.34 bits per heavy atom. The number of unbranched alkanes of at least 4 members (excludes halogenated alkanes) is 16. The molecule has 0 aliphatic rings. The molecule has 32 heavy (non-hydrogen) atoms. The van der Waals surface area contributed by atoms with E-state index in [9.17, 15) is 9.59 Å². The van der Waals surface area contributed by atoms with Crippen LogP contribution in [0.4, 0.5) is 4.79 Å². The van der Waals surface area contributed by atoms with Crippen LogP contribution in [-0.2, 0) is 19.0 Å². The zero-order valence-corrected chi connectivity index (χ0v) is 21.8. The monoisotopic (exact) mass is 476 g/mol. The smallest absolute Gasteiger partial charge is 0.460 e. The highest BCUT2D eigenvalue weighted by molar-refractivity contribution is 6.17. The van der Waals surface area contributed by atoms with E-state index >= 15 is 0 Å². The molecule has 0 atom stereocenters. The van der Waals surface area contributed by atoms with Crippen LogP contribution in [0.5, 0.6) is 0 Å². The summed E-state index contributed by atoms with van der Waals surface area (Å²) in [4.78, 5) is 22.6. The van der Waals surface area contributed by atoms with Gasteiger partial charge in [0.15, 0.2) is 6.07 Å². The van der Waals surface area contributed by atoms with E-state index < -0.39 is 6.16 Å². The number of halogens is 1. The van der Waals surface area contributed by atoms with Crippen molar-refractivity contribution >= 4 is 23.7 Å². The van der Waals surface area contributed by atoms with Gasteiger partial charge in [0.2, 0.25) is 0 Å². The molecule has 0 unspecified atom stereocenters. The van der Waals surface area contributed by atoms with Crippen LogP contribution in [0.2, 0.25) is 0 Å². The molecule has 0 N–H and O–H groups in total. The lowest BCUT2D eigenvalue weighted by molar-refractivity contribution is -0.154. The van der Waals surface area contributed by atoms with Crippen LogP contribution in [0.1, 0.15) is 136 Å². The lowest BCUT2D eigenvalue weighted by Gasteiger charge is -2.19. The van der Waals surface area contributed by atoms with Gasteiger partial charge in [-0.2, -0.15) is 0 Å². The highest BCUT2D eigenvalue weighted by Gasteiger charge is 2.15. The largest absolute Gasteiger partial charge is 0.509 e. The van der Waals surface area contributed by atoms with E-state index in [0.717, 1.165) is 25.7 Å². The summed E-state index contributed by atoms with van der Waals surface area (Å²) in [7, 11) is 0. The molecule has 0 fully saturated rings. The molecule has 0 saturated heterocycles. The number of hydrogen-bond donors (Lipinski definition) is 0. The Kier molecular flexibility index (Phi) is 21.2. The van der Waals surface area contributed by atoms with E-state index in [0.29, 0.717) is 13.0 Å². The molecule has 0 aromatic carbocycles. The fourth-order valence-electron chi connectivity index (χ4n) is 3.66. The van der Waals surface area contributed by atoms with Crippen LogP contribution in [0.15, 0.2) is 0 Å². The average molecular weight is 477 g/mol. The van der Waals surface area contributed by atoms with Crippen molar-refractivity contribution in [2.75, 3.05) is 12.7 Å². The van der Waals surface area contributed by atoms with Crippen LogP contribution in [0.3, 0.4) is 0 Å². The second-order valence-corrected chi connectivity index (χ2v) is 9.92. The second kappa shape index (κ2) is 21.9. The third-order valence-electron chi connectivity index (χ3n) is 5.34. The highest BCUT2D eigenvalue weighted by atomic mass is 35.5. The lowest BCUT2D eigenvalue weighted by Crippen LogP contribution is -2.23. The summed E-state index contributed by atoms with van der Waals surface area (Å²) in [6.07, 6.45) is 21.1. The molecule has 0 aliphatic carbocycles. The van der Waals surface area contributed by atoms with Gasteiger partial charge in [0.05, 0.1) is 6.61 Å². The van der Waals surface area contributed by atoms with Gasteiger partial charge in [-0.15, -0.1) is 0 Å². The Balaban J connectivity index is 3.15. The molecule has 6 heteroatoms. The number of esters is 1. The van der Waals surface area contributed by atoms with Crippen LogP contribution in [0.25, 0.3) is 0 Å². The van der Waals surface area contributed by atoms with Crippen molar-refractivity contribution in [1.29, 1.82) is 0 Å². The van der Waals surface area contributed by atoms with Crippen molar-refractivity contribution in [2.24, 2.45) is 0 Å². The standard InChI is InChI=1S/C26H49ClO5/c1-26(2,3)32-24(28)21-19-17-15-13-11-9-7-5-4-6-8-10-12-14-16-18-20-22-30-25(29)31-23-27/h4-23H2,1-3H3. The van der Waals surface area contributed by atoms with Gasteiger partial charge in [0.25, 0.3) is 0 Å². The highest BCUT2D eigenvalue weighted by Crippen LogP contribution is 2.15. The summed E-state index contributed by atoms with van der Waals surface area (Å²) >= 11 is 5.27. The van der Waals surface area contributed by atoms with Gasteiger partial charge in [0.1, 0.15) is 5.60 Å². The van der Waals surface area contributed by atoms with Gasteiger partial charge in [-0.1, -0.05) is 108 Å². The maximum absolute atomic E-state index is 11.6. The first-order valence-corrected chi connectivity index (χ1v) is 13.5. The van der Waals surface area contributed by atoms with Crippen molar-refractivity contribution in [1.82, 2.24) is 0 Å². The normalized spacial score (nSPS) is 11.4. The number of ether oxygens (including phenoxy) is 3. The van der Waals surface area contributed by atoms with E-state index in [1.165, 1.54) is 83.5 Å². The van der Waals surface area contributed by atoms with E-state index in [1.54, 1.807) is 0 Å². The first kappa shape index (κ1) is 31.0. The van der Waals surface area contributed by atoms with Gasteiger partial charge < -0.3 is 14.2 Å². The topological polar surface area (TPSA) is 61.8 Å². The van der Waals surface area contributed by atoms with Crippen molar-refractivity contribution in [3.05, 3.63) is 0 Å². The minimum Gasteiger partial charge on any atom is -0.460 e. The summed E-state index contributed by atoms with van der Waals surface area (Å²) in [5, 5.41) is 0. The molecular weight excluding hydrogens is 428 g/mol. The molecule has 0 saturated carbocycles. The van der Waals surface area contributed by atoms with Crippen molar-refractivity contribution < 1.29 is 23.8 Å². The Hall–Kier alpha value is -0.970. The van der Waals surface area contributed by atoms with Crippen molar-refractivity contribution in [3.8, 4) is 0 Å². The first-order chi connectivity index (χ1) is 15.3. The molecule has 0 rings (SSSR count). The third-order valence-corrected chi connectivity index (χ3v) is 5.45. The Morgan fingerprint density at radius 2 is 0.969 bits per heavy atom. The maximum Gasteiger partial charge on any atom is 0.509 e. The Labute approximate surface area is 202 Å². The fraction of sp³-hybridized carbons (Fsp3) is 0.923. The quantitative estimate of drug-likeness (QED) is 0.0941. The molecular formula is C26H49ClO5. The third kappa shape index (κ3) is 25.3. The number of carbonyl (C=O) groups is 2. The zero-order chi connectivity index (χ0) is 23.9. The predicted octanol–water partition coefficient (Wildman–Crippen LogP) is 8.70. The van der Waals surface area contributed by atoms with Gasteiger partial charge in [0, 0.05) is 6.42 Å². The van der Waals surface area contributed by atoms with E-state index in [-0.39, 0.29) is 17.6 Å². The zero-order valence-electron chi connectivity index (χ0n) is 21.1. The van der Waals surface area contributed by atoms with Gasteiger partial charge in [-0.05, 0) is 33.6 Å². The number of rotatable bonds is 21. The van der Waals surface area contributed by atoms with E-state index in [4.69, 9.17) is 21.1 Å². The van der Waals surface area contributed by atoms with Crippen LogP contribution in [-0.4, -0.2) is 30.4 Å². The molecule has 0 aliphatic heterocycles. The Morgan fingerprint density at radius 1 is 0.594 bits per heavy atom. The molecule has 0 heterocycles. The van der Waals surface area contributed by atoms with Crippen molar-refractivity contribution in [3.63, 3.8) is 0 Å². The first-order valence-electron chi connectivity index (χ1n) is 12.9. The molecule has 0 spiro atoms. The van der Waals surface area contributed by atoms with Crippen molar-refractivity contribution in [2.45, 2.75) is 142 Å². The Bertz CT molecular complexity index is 448. The SMILES string of the molecule is CC(C)(C)OC(=O)CCCCCCCCCCCCCCCCCCCOC(=O)OCCl. The van der Waals surface area contributed by atoms with Gasteiger partial charge in [-0.25, -0.2) is 4.79 Å². The fourth-order valence-corrected chi connectivity index (χ4v) is 3.75. The predicted molar refractivity (Wildman–Crippen MR) is 132 cm³/mol. The summed E-state index contributed by atoms with van der Waals surface area (Å²) in [5.74, 6) is -0.0632. The number of hydrogen-bond acceptors (Lipinski definition) is 5. The molecule has 0 amide bonds.